The van der Waals surface area contributed by atoms with Crippen molar-refractivity contribution in [2.45, 2.75) is 18.2 Å². The van der Waals surface area contributed by atoms with Crippen molar-refractivity contribution in [2.24, 2.45) is 5.92 Å². The predicted octanol–water partition coefficient (Wildman–Crippen LogP) is 3.60. The van der Waals surface area contributed by atoms with Crippen LogP contribution in [0.1, 0.15) is 23.2 Å². The van der Waals surface area contributed by atoms with Crippen LogP contribution >= 0.6 is 38.9 Å². The summed E-state index contributed by atoms with van der Waals surface area (Å²) in [5.41, 5.74) is 0.765. The first-order valence-corrected chi connectivity index (χ1v) is 7.30. The zero-order chi connectivity index (χ0) is 11.7. The number of thiophene rings is 1. The molecule has 0 saturated heterocycles. The van der Waals surface area contributed by atoms with E-state index in [1.165, 1.54) is 11.3 Å². The third-order valence-electron chi connectivity index (χ3n) is 2.87. The average molecular weight is 323 g/mol. The molecule has 1 aromatic rings. The van der Waals surface area contributed by atoms with E-state index in [2.05, 4.69) is 15.9 Å². The summed E-state index contributed by atoms with van der Waals surface area (Å²) in [4.78, 5) is 13.8. The molecular weight excluding hydrogens is 310 g/mol. The van der Waals surface area contributed by atoms with E-state index in [0.717, 1.165) is 28.7 Å². The molecule has 1 aromatic heterocycles. The van der Waals surface area contributed by atoms with Gasteiger partial charge in [-0.15, -0.1) is 22.9 Å². The number of halogens is 2. The zero-order valence-corrected chi connectivity index (χ0v) is 12.1. The van der Waals surface area contributed by atoms with Crippen LogP contribution in [0.25, 0.3) is 0 Å². The number of alkyl halides is 1. The van der Waals surface area contributed by atoms with Crippen molar-refractivity contribution in [3.8, 4) is 0 Å². The van der Waals surface area contributed by atoms with Gasteiger partial charge < -0.3 is 4.90 Å². The summed E-state index contributed by atoms with van der Waals surface area (Å²) in [6.45, 7) is 0.815. The van der Waals surface area contributed by atoms with Crippen LogP contribution in [0.15, 0.2) is 15.2 Å². The summed E-state index contributed by atoms with van der Waals surface area (Å²) in [5.74, 6) is 0.679. The average Bonchev–Trinajstić information content (AvgIpc) is 2.61. The van der Waals surface area contributed by atoms with E-state index in [1.54, 1.807) is 4.90 Å². The van der Waals surface area contributed by atoms with Gasteiger partial charge in [-0.3, -0.25) is 4.79 Å². The SMILES string of the molecule is CN(CC1CC(Cl)C1)C(=O)c1csc(Br)c1. The normalized spacial score (nSPS) is 23.9. The molecule has 0 N–H and O–H groups in total. The van der Waals surface area contributed by atoms with Crippen molar-refractivity contribution in [1.82, 2.24) is 4.90 Å². The molecule has 0 atom stereocenters. The Morgan fingerprint density at radius 3 is 2.88 bits per heavy atom. The van der Waals surface area contributed by atoms with Crippen molar-refractivity contribution >= 4 is 44.8 Å². The second-order valence-corrected chi connectivity index (χ2v) is 7.17. The van der Waals surface area contributed by atoms with Crippen molar-refractivity contribution in [1.29, 1.82) is 0 Å². The number of rotatable bonds is 3. The molecule has 0 aliphatic heterocycles. The molecule has 2 nitrogen and oxygen atoms in total. The molecule has 1 amide bonds. The molecule has 0 spiro atoms. The van der Waals surface area contributed by atoms with Crippen LogP contribution in [0.4, 0.5) is 0 Å². The van der Waals surface area contributed by atoms with E-state index < -0.39 is 0 Å². The highest BCUT2D eigenvalue weighted by molar-refractivity contribution is 9.11. The van der Waals surface area contributed by atoms with Gasteiger partial charge in [-0.05, 0) is 40.8 Å². The van der Waals surface area contributed by atoms with Gasteiger partial charge in [0.05, 0.1) is 9.35 Å². The summed E-state index contributed by atoms with van der Waals surface area (Å²) in [6.07, 6.45) is 2.07. The second kappa shape index (κ2) is 5.07. The lowest BCUT2D eigenvalue weighted by molar-refractivity contribution is 0.0747. The topological polar surface area (TPSA) is 20.3 Å². The molecule has 1 heterocycles. The van der Waals surface area contributed by atoms with Crippen LogP contribution in [-0.2, 0) is 0 Å². The first kappa shape index (κ1) is 12.4. The van der Waals surface area contributed by atoms with Gasteiger partial charge in [-0.1, -0.05) is 0 Å². The van der Waals surface area contributed by atoms with Crippen molar-refractivity contribution in [2.75, 3.05) is 13.6 Å². The number of carbonyl (C=O) groups excluding carboxylic acids is 1. The lowest BCUT2D eigenvalue weighted by atomic mass is 9.84. The third-order valence-corrected chi connectivity index (χ3v) is 4.73. The lowest BCUT2D eigenvalue weighted by Gasteiger charge is -2.34. The van der Waals surface area contributed by atoms with E-state index in [1.807, 2.05) is 18.5 Å². The molecule has 1 saturated carbocycles. The van der Waals surface area contributed by atoms with Crippen molar-refractivity contribution in [3.63, 3.8) is 0 Å². The van der Waals surface area contributed by atoms with Gasteiger partial charge in [0, 0.05) is 24.3 Å². The Morgan fingerprint density at radius 1 is 1.69 bits per heavy atom. The third kappa shape index (κ3) is 2.79. The molecule has 1 aliphatic carbocycles. The summed E-state index contributed by atoms with van der Waals surface area (Å²) in [5, 5.41) is 2.21. The summed E-state index contributed by atoms with van der Waals surface area (Å²) >= 11 is 10.8. The Balaban J connectivity index is 1.89. The van der Waals surface area contributed by atoms with Gasteiger partial charge >= 0.3 is 0 Å². The molecule has 0 radical (unpaired) electrons. The molecule has 0 bridgehead atoms. The lowest BCUT2D eigenvalue weighted by Crippen LogP contribution is -2.37. The highest BCUT2D eigenvalue weighted by atomic mass is 79.9. The molecule has 1 fully saturated rings. The first-order chi connectivity index (χ1) is 7.56. The second-order valence-electron chi connectivity index (χ2n) is 4.26. The first-order valence-electron chi connectivity index (χ1n) is 5.20. The molecule has 5 heteroatoms. The van der Waals surface area contributed by atoms with Crippen LogP contribution in [0.2, 0.25) is 0 Å². The van der Waals surface area contributed by atoms with E-state index in [4.69, 9.17) is 11.6 Å². The number of nitrogens with zero attached hydrogens (tertiary/aromatic N) is 1. The molecule has 0 unspecified atom stereocenters. The van der Waals surface area contributed by atoms with Gasteiger partial charge in [0.25, 0.3) is 5.91 Å². The summed E-state index contributed by atoms with van der Waals surface area (Å²) in [6, 6.07) is 1.87. The fourth-order valence-electron chi connectivity index (χ4n) is 1.92. The number of hydrogen-bond donors (Lipinski definition) is 0. The highest BCUT2D eigenvalue weighted by Gasteiger charge is 2.29. The fraction of sp³-hybridized carbons (Fsp3) is 0.545. The van der Waals surface area contributed by atoms with Crippen LogP contribution < -0.4 is 0 Å². The maximum atomic E-state index is 12.0. The molecule has 1 aliphatic rings. The van der Waals surface area contributed by atoms with Gasteiger partial charge in [0.15, 0.2) is 0 Å². The minimum absolute atomic E-state index is 0.0972. The van der Waals surface area contributed by atoms with E-state index >= 15 is 0 Å². The molecule has 16 heavy (non-hydrogen) atoms. The van der Waals surface area contributed by atoms with Crippen LogP contribution in [0.5, 0.6) is 0 Å². The Hall–Kier alpha value is -0.0600. The smallest absolute Gasteiger partial charge is 0.254 e. The van der Waals surface area contributed by atoms with E-state index in [0.29, 0.717) is 11.3 Å². The van der Waals surface area contributed by atoms with Gasteiger partial charge in [0.1, 0.15) is 0 Å². The summed E-state index contributed by atoms with van der Waals surface area (Å²) < 4.78 is 0.994. The Bertz CT molecular complexity index is 389. The summed E-state index contributed by atoms with van der Waals surface area (Å²) in [7, 11) is 1.86. The maximum absolute atomic E-state index is 12.0. The number of hydrogen-bond acceptors (Lipinski definition) is 2. The molecule has 0 aromatic carbocycles. The van der Waals surface area contributed by atoms with E-state index in [-0.39, 0.29) is 5.91 Å². The van der Waals surface area contributed by atoms with Crippen LogP contribution in [0.3, 0.4) is 0 Å². The number of carbonyl (C=O) groups is 1. The fourth-order valence-corrected chi connectivity index (χ4v) is 3.55. The molecule has 88 valence electrons. The van der Waals surface area contributed by atoms with Gasteiger partial charge in [-0.25, -0.2) is 0 Å². The zero-order valence-electron chi connectivity index (χ0n) is 8.95. The van der Waals surface area contributed by atoms with Crippen LogP contribution in [0, 0.1) is 5.92 Å². The number of amides is 1. The quantitative estimate of drug-likeness (QED) is 0.779. The Kier molecular flexibility index (Phi) is 3.93. The predicted molar refractivity (Wildman–Crippen MR) is 71.3 cm³/mol. The molecular formula is C11H13BrClNOS. The van der Waals surface area contributed by atoms with Gasteiger partial charge in [-0.2, -0.15) is 0 Å². The van der Waals surface area contributed by atoms with E-state index in [9.17, 15) is 4.79 Å². The Labute approximate surface area is 113 Å². The minimum atomic E-state index is 0.0972. The van der Waals surface area contributed by atoms with Crippen LogP contribution in [-0.4, -0.2) is 29.8 Å². The van der Waals surface area contributed by atoms with Gasteiger partial charge in [0.2, 0.25) is 0 Å². The monoisotopic (exact) mass is 321 g/mol. The highest BCUT2D eigenvalue weighted by Crippen LogP contribution is 2.32. The minimum Gasteiger partial charge on any atom is -0.341 e. The Morgan fingerprint density at radius 2 is 2.38 bits per heavy atom. The van der Waals surface area contributed by atoms with Crippen molar-refractivity contribution in [3.05, 3.63) is 20.8 Å². The largest absolute Gasteiger partial charge is 0.341 e. The van der Waals surface area contributed by atoms with Crippen molar-refractivity contribution < 1.29 is 4.79 Å². The maximum Gasteiger partial charge on any atom is 0.254 e. The molecule has 2 rings (SSSR count). The standard InChI is InChI=1S/C11H13BrClNOS/c1-14(5-7-2-9(13)3-7)11(15)8-4-10(12)16-6-8/h4,6-7,9H,2-3,5H2,1H3.